The summed E-state index contributed by atoms with van der Waals surface area (Å²) < 4.78 is 1.90. The van der Waals surface area contributed by atoms with Crippen molar-refractivity contribution in [2.45, 2.75) is 6.42 Å². The summed E-state index contributed by atoms with van der Waals surface area (Å²) in [7, 11) is 0. The topological polar surface area (TPSA) is 53.7 Å². The number of halogens is 1. The zero-order chi connectivity index (χ0) is 16.5. The number of carbonyl (C=O) groups excluding carboxylic acids is 1. The zero-order valence-corrected chi connectivity index (χ0v) is 14.5. The highest BCUT2D eigenvalue weighted by atomic mass is 35.5. The van der Waals surface area contributed by atoms with E-state index in [0.29, 0.717) is 11.6 Å². The molecule has 3 aromatic rings. The van der Waals surface area contributed by atoms with Crippen molar-refractivity contribution in [1.82, 2.24) is 19.5 Å². The third-order valence-electron chi connectivity index (χ3n) is 4.18. The van der Waals surface area contributed by atoms with Gasteiger partial charge >= 0.3 is 0 Å². The van der Waals surface area contributed by atoms with E-state index in [9.17, 15) is 4.79 Å². The molecule has 1 aliphatic heterocycles. The van der Waals surface area contributed by atoms with E-state index < -0.39 is 0 Å². The van der Waals surface area contributed by atoms with Gasteiger partial charge in [0.2, 0.25) is 5.95 Å². The second kappa shape index (κ2) is 6.41. The summed E-state index contributed by atoms with van der Waals surface area (Å²) in [6.07, 6.45) is 2.72. The number of fused-ring (bicyclic) bond motifs is 1. The van der Waals surface area contributed by atoms with Gasteiger partial charge in [-0.15, -0.1) is 10.2 Å². The van der Waals surface area contributed by atoms with Crippen LogP contribution in [0.2, 0.25) is 5.02 Å². The number of thiophene rings is 1. The summed E-state index contributed by atoms with van der Waals surface area (Å²) in [5.41, 5.74) is 1.54. The highest BCUT2D eigenvalue weighted by molar-refractivity contribution is 7.08. The first-order chi connectivity index (χ1) is 11.7. The van der Waals surface area contributed by atoms with Crippen molar-refractivity contribution in [3.05, 3.63) is 45.7 Å². The van der Waals surface area contributed by atoms with Gasteiger partial charge in [0.25, 0.3) is 5.91 Å². The van der Waals surface area contributed by atoms with Crippen LogP contribution in [-0.2, 0) is 0 Å². The van der Waals surface area contributed by atoms with Crippen molar-refractivity contribution in [1.29, 1.82) is 0 Å². The summed E-state index contributed by atoms with van der Waals surface area (Å²) in [6, 6.07) is 5.53. The van der Waals surface area contributed by atoms with E-state index in [0.717, 1.165) is 43.2 Å². The molecule has 4 rings (SSSR count). The summed E-state index contributed by atoms with van der Waals surface area (Å²) >= 11 is 7.64. The van der Waals surface area contributed by atoms with Crippen molar-refractivity contribution in [2.24, 2.45) is 0 Å². The highest BCUT2D eigenvalue weighted by Gasteiger charge is 2.23. The number of hydrogen-bond acceptors (Lipinski definition) is 5. The Morgan fingerprint density at radius 2 is 2.04 bits per heavy atom. The quantitative estimate of drug-likeness (QED) is 0.704. The number of rotatable bonds is 2. The lowest BCUT2D eigenvalue weighted by Gasteiger charge is -2.21. The lowest BCUT2D eigenvalue weighted by atomic mass is 10.3. The van der Waals surface area contributed by atoms with Gasteiger partial charge in [-0.05, 0) is 30.0 Å². The molecule has 0 radical (unpaired) electrons. The Hall–Kier alpha value is -2.12. The van der Waals surface area contributed by atoms with Crippen LogP contribution < -0.4 is 4.90 Å². The number of hydrogen-bond donors (Lipinski definition) is 0. The van der Waals surface area contributed by atoms with Gasteiger partial charge in [0, 0.05) is 37.8 Å². The van der Waals surface area contributed by atoms with Gasteiger partial charge < -0.3 is 9.80 Å². The predicted molar refractivity (Wildman–Crippen MR) is 95.0 cm³/mol. The minimum Gasteiger partial charge on any atom is -0.339 e. The molecule has 124 valence electrons. The largest absolute Gasteiger partial charge is 0.339 e. The molecule has 4 heterocycles. The third-order valence-corrected chi connectivity index (χ3v) is 5.09. The monoisotopic (exact) mass is 361 g/mol. The van der Waals surface area contributed by atoms with Gasteiger partial charge in [-0.3, -0.25) is 9.20 Å². The SMILES string of the molecule is O=C(c1ccsc1)N1CCCN(c2nnc3ccc(Cl)cn23)CC1. The number of aromatic nitrogens is 3. The normalized spacial score (nSPS) is 15.7. The Morgan fingerprint density at radius 3 is 2.88 bits per heavy atom. The van der Waals surface area contributed by atoms with E-state index in [1.165, 1.54) is 0 Å². The molecule has 3 aromatic heterocycles. The number of carbonyl (C=O) groups is 1. The Labute approximate surface area is 148 Å². The number of anilines is 1. The average Bonchev–Trinajstić information content (AvgIpc) is 3.19. The Balaban J connectivity index is 1.54. The third kappa shape index (κ3) is 2.85. The number of nitrogens with zero attached hydrogens (tertiary/aromatic N) is 5. The average molecular weight is 362 g/mol. The van der Waals surface area contributed by atoms with Crippen LogP contribution in [0.5, 0.6) is 0 Å². The van der Waals surface area contributed by atoms with Gasteiger partial charge in [0.1, 0.15) is 0 Å². The van der Waals surface area contributed by atoms with Crippen LogP contribution in [0.1, 0.15) is 16.8 Å². The van der Waals surface area contributed by atoms with Crippen molar-refractivity contribution in [3.8, 4) is 0 Å². The fourth-order valence-electron chi connectivity index (χ4n) is 2.96. The van der Waals surface area contributed by atoms with Crippen LogP contribution in [0, 0.1) is 0 Å². The molecular weight excluding hydrogens is 346 g/mol. The maximum atomic E-state index is 12.5. The summed E-state index contributed by atoms with van der Waals surface area (Å²) in [6.45, 7) is 2.98. The lowest BCUT2D eigenvalue weighted by molar-refractivity contribution is 0.0767. The van der Waals surface area contributed by atoms with E-state index >= 15 is 0 Å². The molecule has 1 aliphatic rings. The van der Waals surface area contributed by atoms with Crippen LogP contribution in [-0.4, -0.2) is 51.6 Å². The summed E-state index contributed by atoms with van der Waals surface area (Å²) in [5, 5.41) is 13.0. The van der Waals surface area contributed by atoms with E-state index in [1.807, 2.05) is 38.4 Å². The van der Waals surface area contributed by atoms with Gasteiger partial charge in [-0.2, -0.15) is 11.3 Å². The molecule has 0 N–H and O–H groups in total. The van der Waals surface area contributed by atoms with Crippen molar-refractivity contribution in [2.75, 3.05) is 31.1 Å². The first-order valence-electron chi connectivity index (χ1n) is 7.79. The molecular formula is C16H16ClN5OS. The first-order valence-corrected chi connectivity index (χ1v) is 9.11. The van der Waals surface area contributed by atoms with E-state index in [-0.39, 0.29) is 5.91 Å². The molecule has 1 fully saturated rings. The summed E-state index contributed by atoms with van der Waals surface area (Å²) in [5.74, 6) is 0.879. The van der Waals surface area contributed by atoms with Crippen molar-refractivity contribution >= 4 is 40.4 Å². The molecule has 24 heavy (non-hydrogen) atoms. The predicted octanol–water partition coefficient (Wildman–Crippen LogP) is 2.80. The Kier molecular flexibility index (Phi) is 4.12. The van der Waals surface area contributed by atoms with E-state index in [2.05, 4.69) is 15.1 Å². The molecule has 1 amide bonds. The maximum absolute atomic E-state index is 12.5. The highest BCUT2D eigenvalue weighted by Crippen LogP contribution is 2.19. The van der Waals surface area contributed by atoms with Crippen LogP contribution in [0.25, 0.3) is 5.65 Å². The van der Waals surface area contributed by atoms with Crippen LogP contribution >= 0.6 is 22.9 Å². The number of amides is 1. The van der Waals surface area contributed by atoms with Crippen LogP contribution in [0.4, 0.5) is 5.95 Å². The standard InChI is InChI=1S/C16H16ClN5OS/c17-13-2-3-14-18-19-16(22(14)10-13)21-6-1-5-20(7-8-21)15(23)12-4-9-24-11-12/h2-4,9-11H,1,5-8H2. The van der Waals surface area contributed by atoms with Gasteiger partial charge in [0.05, 0.1) is 10.6 Å². The molecule has 0 atom stereocenters. The second-order valence-corrected chi connectivity index (χ2v) is 6.94. The molecule has 0 saturated carbocycles. The molecule has 0 unspecified atom stereocenters. The van der Waals surface area contributed by atoms with E-state index in [1.54, 1.807) is 17.4 Å². The Morgan fingerprint density at radius 1 is 1.12 bits per heavy atom. The minimum absolute atomic E-state index is 0.104. The summed E-state index contributed by atoms with van der Waals surface area (Å²) in [4.78, 5) is 16.6. The molecule has 0 spiro atoms. The molecule has 8 heteroatoms. The zero-order valence-electron chi connectivity index (χ0n) is 12.9. The molecule has 0 aromatic carbocycles. The fraction of sp³-hybridized carbons (Fsp3) is 0.312. The minimum atomic E-state index is 0.104. The van der Waals surface area contributed by atoms with Gasteiger partial charge in [0.15, 0.2) is 5.65 Å². The first kappa shape index (κ1) is 15.4. The van der Waals surface area contributed by atoms with Gasteiger partial charge in [-0.1, -0.05) is 11.6 Å². The van der Waals surface area contributed by atoms with Crippen LogP contribution in [0.15, 0.2) is 35.2 Å². The fourth-order valence-corrected chi connectivity index (χ4v) is 3.75. The molecule has 6 nitrogen and oxygen atoms in total. The number of pyridine rings is 1. The molecule has 0 aliphatic carbocycles. The molecule has 1 saturated heterocycles. The van der Waals surface area contributed by atoms with Crippen molar-refractivity contribution in [3.63, 3.8) is 0 Å². The lowest BCUT2D eigenvalue weighted by Crippen LogP contribution is -2.35. The van der Waals surface area contributed by atoms with E-state index in [4.69, 9.17) is 11.6 Å². The smallest absolute Gasteiger partial charge is 0.254 e. The maximum Gasteiger partial charge on any atom is 0.254 e. The van der Waals surface area contributed by atoms with Gasteiger partial charge in [-0.25, -0.2) is 0 Å². The second-order valence-electron chi connectivity index (χ2n) is 5.72. The Bertz CT molecular complexity index is 863. The van der Waals surface area contributed by atoms with Crippen LogP contribution in [0.3, 0.4) is 0 Å². The molecule has 0 bridgehead atoms. The van der Waals surface area contributed by atoms with Crippen molar-refractivity contribution < 1.29 is 4.79 Å².